The molecule has 1 heterocycles. The highest BCUT2D eigenvalue weighted by Crippen LogP contribution is 2.26. The minimum atomic E-state index is 0.0300. The van der Waals surface area contributed by atoms with Crippen molar-refractivity contribution < 1.29 is 4.79 Å². The van der Waals surface area contributed by atoms with E-state index < -0.39 is 0 Å². The maximum Gasteiger partial charge on any atom is 0.231 e. The normalized spacial score (nSPS) is 10.3. The van der Waals surface area contributed by atoms with Gasteiger partial charge in [-0.25, -0.2) is 0 Å². The number of likely N-dealkylation sites (N-methyl/N-ethyl adjacent to an activating group) is 1. The van der Waals surface area contributed by atoms with Gasteiger partial charge in [0, 0.05) is 11.5 Å². The average molecular weight is 325 g/mol. The predicted molar refractivity (Wildman–Crippen MR) is 80.0 cm³/mol. The van der Waals surface area contributed by atoms with Crippen molar-refractivity contribution in [3.8, 4) is 0 Å². The first kappa shape index (κ1) is 13.1. The molecule has 0 aliphatic carbocycles. The van der Waals surface area contributed by atoms with E-state index in [4.69, 9.17) is 5.73 Å². The number of nitrogens with zero attached hydrogens (tertiary/aromatic N) is 1. The van der Waals surface area contributed by atoms with Gasteiger partial charge in [0.25, 0.3) is 0 Å². The Morgan fingerprint density at radius 1 is 1.44 bits per heavy atom. The smallest absolute Gasteiger partial charge is 0.231 e. The summed E-state index contributed by atoms with van der Waals surface area (Å²) in [5.41, 5.74) is 8.27. The summed E-state index contributed by atoms with van der Waals surface area (Å²) in [7, 11) is 1.74. The fourth-order valence-electron chi connectivity index (χ4n) is 1.65. The van der Waals surface area contributed by atoms with E-state index in [-0.39, 0.29) is 5.91 Å². The third-order valence-corrected chi connectivity index (χ3v) is 3.89. The zero-order chi connectivity index (χ0) is 13.1. The zero-order valence-electron chi connectivity index (χ0n) is 9.89. The third kappa shape index (κ3) is 2.91. The van der Waals surface area contributed by atoms with Gasteiger partial charge in [0.1, 0.15) is 0 Å². The second-order valence-electron chi connectivity index (χ2n) is 3.96. The van der Waals surface area contributed by atoms with Crippen LogP contribution in [0.15, 0.2) is 39.5 Å². The molecule has 0 atom stereocenters. The van der Waals surface area contributed by atoms with Crippen LogP contribution in [-0.2, 0) is 11.2 Å². The second-order valence-corrected chi connectivity index (χ2v) is 5.66. The molecule has 0 fully saturated rings. The van der Waals surface area contributed by atoms with Crippen LogP contribution in [0.5, 0.6) is 0 Å². The molecule has 1 aromatic carbocycles. The van der Waals surface area contributed by atoms with E-state index in [1.807, 2.05) is 29.0 Å². The first-order valence-corrected chi connectivity index (χ1v) is 7.14. The van der Waals surface area contributed by atoms with Crippen molar-refractivity contribution in [2.75, 3.05) is 17.7 Å². The molecule has 3 nitrogen and oxygen atoms in total. The minimum Gasteiger partial charge on any atom is -0.397 e. The Kier molecular flexibility index (Phi) is 4.04. The number of benzene rings is 1. The van der Waals surface area contributed by atoms with Crippen LogP contribution in [0.3, 0.4) is 0 Å². The van der Waals surface area contributed by atoms with E-state index in [1.165, 1.54) is 0 Å². The summed E-state index contributed by atoms with van der Waals surface area (Å²) in [6.07, 6.45) is 0.398. The van der Waals surface area contributed by atoms with Gasteiger partial charge in [-0.3, -0.25) is 4.79 Å². The number of halogens is 1. The van der Waals surface area contributed by atoms with E-state index in [1.54, 1.807) is 29.4 Å². The standard InChI is InChI=1S/C13H13BrN2OS/c1-16(12-3-2-10(14)7-11(12)15)13(17)6-9-4-5-18-8-9/h2-5,7-8H,6,15H2,1H3. The number of rotatable bonds is 3. The van der Waals surface area contributed by atoms with Crippen LogP contribution >= 0.6 is 27.3 Å². The van der Waals surface area contributed by atoms with Crippen molar-refractivity contribution in [3.05, 3.63) is 45.1 Å². The lowest BCUT2D eigenvalue weighted by molar-refractivity contribution is -0.117. The minimum absolute atomic E-state index is 0.0300. The Hall–Kier alpha value is -1.33. The van der Waals surface area contributed by atoms with Gasteiger partial charge in [-0.1, -0.05) is 15.9 Å². The molecule has 0 unspecified atom stereocenters. The van der Waals surface area contributed by atoms with Crippen LogP contribution in [0.2, 0.25) is 0 Å². The number of carbonyl (C=O) groups excluding carboxylic acids is 1. The Balaban J connectivity index is 2.15. The first-order valence-electron chi connectivity index (χ1n) is 5.40. The number of carbonyl (C=O) groups is 1. The highest BCUT2D eigenvalue weighted by atomic mass is 79.9. The molecule has 1 amide bonds. The molecule has 0 spiro atoms. The summed E-state index contributed by atoms with van der Waals surface area (Å²) < 4.78 is 0.905. The number of nitrogen functional groups attached to an aromatic ring is 1. The molecule has 18 heavy (non-hydrogen) atoms. The molecule has 0 saturated carbocycles. The molecule has 0 bridgehead atoms. The number of nitrogens with two attached hydrogens (primary N) is 1. The molecule has 0 saturated heterocycles. The second kappa shape index (κ2) is 5.54. The van der Waals surface area contributed by atoms with E-state index in [0.717, 1.165) is 15.7 Å². The average Bonchev–Trinajstić information content (AvgIpc) is 2.81. The summed E-state index contributed by atoms with van der Waals surface area (Å²) in [4.78, 5) is 13.7. The SMILES string of the molecule is CN(C(=O)Cc1ccsc1)c1ccc(Br)cc1N. The molecule has 1 aromatic heterocycles. The molecular formula is C13H13BrN2OS. The summed E-state index contributed by atoms with van der Waals surface area (Å²) >= 11 is 4.94. The van der Waals surface area contributed by atoms with E-state index in [9.17, 15) is 4.79 Å². The number of anilines is 2. The van der Waals surface area contributed by atoms with Crippen LogP contribution in [0, 0.1) is 0 Å². The molecule has 2 aromatic rings. The van der Waals surface area contributed by atoms with E-state index in [2.05, 4.69) is 15.9 Å². The number of hydrogen-bond acceptors (Lipinski definition) is 3. The first-order chi connectivity index (χ1) is 8.58. The van der Waals surface area contributed by atoms with Gasteiger partial charge in [0.15, 0.2) is 0 Å². The van der Waals surface area contributed by atoms with Gasteiger partial charge in [-0.15, -0.1) is 0 Å². The van der Waals surface area contributed by atoms with Crippen molar-refractivity contribution >= 4 is 44.5 Å². The fourth-order valence-corrected chi connectivity index (χ4v) is 2.70. The zero-order valence-corrected chi connectivity index (χ0v) is 12.3. The number of thiophene rings is 1. The Labute approximate surface area is 118 Å². The third-order valence-electron chi connectivity index (χ3n) is 2.66. The summed E-state index contributed by atoms with van der Waals surface area (Å²) in [5.74, 6) is 0.0300. The molecule has 0 radical (unpaired) electrons. The lowest BCUT2D eigenvalue weighted by atomic mass is 10.2. The van der Waals surface area contributed by atoms with Gasteiger partial charge in [-0.05, 0) is 40.6 Å². The maximum absolute atomic E-state index is 12.1. The molecular weight excluding hydrogens is 312 g/mol. The quantitative estimate of drug-likeness (QED) is 0.880. The van der Waals surface area contributed by atoms with E-state index >= 15 is 0 Å². The summed E-state index contributed by atoms with van der Waals surface area (Å²) in [5, 5.41) is 3.95. The van der Waals surface area contributed by atoms with Crippen molar-refractivity contribution in [2.24, 2.45) is 0 Å². The largest absolute Gasteiger partial charge is 0.397 e. The lowest BCUT2D eigenvalue weighted by Crippen LogP contribution is -2.28. The Morgan fingerprint density at radius 2 is 2.22 bits per heavy atom. The number of hydrogen-bond donors (Lipinski definition) is 1. The number of amides is 1. The van der Waals surface area contributed by atoms with Crippen LogP contribution < -0.4 is 10.6 Å². The Bertz CT molecular complexity index is 554. The molecule has 2 rings (SSSR count). The van der Waals surface area contributed by atoms with Crippen molar-refractivity contribution in [1.82, 2.24) is 0 Å². The highest BCUT2D eigenvalue weighted by molar-refractivity contribution is 9.10. The summed E-state index contributed by atoms with van der Waals surface area (Å²) in [6.45, 7) is 0. The van der Waals surface area contributed by atoms with Gasteiger partial charge in [0.05, 0.1) is 17.8 Å². The molecule has 94 valence electrons. The van der Waals surface area contributed by atoms with Crippen LogP contribution in [0.25, 0.3) is 0 Å². The van der Waals surface area contributed by atoms with Crippen molar-refractivity contribution in [3.63, 3.8) is 0 Å². The van der Waals surface area contributed by atoms with Crippen molar-refractivity contribution in [2.45, 2.75) is 6.42 Å². The van der Waals surface area contributed by atoms with Gasteiger partial charge < -0.3 is 10.6 Å². The van der Waals surface area contributed by atoms with Gasteiger partial charge in [0.2, 0.25) is 5.91 Å². The van der Waals surface area contributed by atoms with Crippen LogP contribution in [-0.4, -0.2) is 13.0 Å². The Morgan fingerprint density at radius 3 is 2.83 bits per heavy atom. The highest BCUT2D eigenvalue weighted by Gasteiger charge is 2.14. The summed E-state index contributed by atoms with van der Waals surface area (Å²) in [6, 6.07) is 7.47. The lowest BCUT2D eigenvalue weighted by Gasteiger charge is -2.19. The molecule has 2 N–H and O–H groups in total. The van der Waals surface area contributed by atoms with E-state index in [0.29, 0.717) is 12.1 Å². The maximum atomic E-state index is 12.1. The monoisotopic (exact) mass is 324 g/mol. The van der Waals surface area contributed by atoms with Gasteiger partial charge in [-0.2, -0.15) is 11.3 Å². The molecule has 5 heteroatoms. The predicted octanol–water partition coefficient (Wildman–Crippen LogP) is 3.30. The topological polar surface area (TPSA) is 46.3 Å². The van der Waals surface area contributed by atoms with Crippen LogP contribution in [0.1, 0.15) is 5.56 Å². The fraction of sp³-hybridized carbons (Fsp3) is 0.154. The van der Waals surface area contributed by atoms with Gasteiger partial charge >= 0.3 is 0 Å². The van der Waals surface area contributed by atoms with Crippen LogP contribution in [0.4, 0.5) is 11.4 Å². The van der Waals surface area contributed by atoms with Crippen molar-refractivity contribution in [1.29, 1.82) is 0 Å². The molecule has 0 aliphatic rings. The molecule has 0 aliphatic heterocycles.